The Bertz CT molecular complexity index is 981. The monoisotopic (exact) mass is 440 g/mol. The zero-order chi connectivity index (χ0) is 21.8. The van der Waals surface area contributed by atoms with Crippen LogP contribution in [0.4, 0.5) is 0 Å². The number of likely N-dealkylation sites (tertiary alicyclic amines) is 1. The van der Waals surface area contributed by atoms with Crippen LogP contribution in [0.5, 0.6) is 0 Å². The second-order valence-corrected chi connectivity index (χ2v) is 10.8. The SMILES string of the molecule is CC1CCCCN1S(=O)(=O)c1ccc(C(=O)N2CCC(Cc3ccccc3)CC2)cc1. The molecule has 166 valence electrons. The van der Waals surface area contributed by atoms with Gasteiger partial charge in [0.2, 0.25) is 10.0 Å². The number of carbonyl (C=O) groups is 1. The molecule has 1 unspecified atom stereocenters. The molecule has 0 spiro atoms. The van der Waals surface area contributed by atoms with E-state index in [9.17, 15) is 13.2 Å². The lowest BCUT2D eigenvalue weighted by Gasteiger charge is -2.33. The number of rotatable bonds is 5. The lowest BCUT2D eigenvalue weighted by molar-refractivity contribution is 0.0690. The molecule has 2 saturated heterocycles. The molecule has 0 N–H and O–H groups in total. The zero-order valence-electron chi connectivity index (χ0n) is 18.2. The molecule has 0 saturated carbocycles. The maximum atomic E-state index is 13.0. The summed E-state index contributed by atoms with van der Waals surface area (Å²) in [6, 6.07) is 17.0. The Morgan fingerprint density at radius 3 is 2.23 bits per heavy atom. The van der Waals surface area contributed by atoms with Gasteiger partial charge in [0.05, 0.1) is 4.90 Å². The van der Waals surface area contributed by atoms with Gasteiger partial charge in [-0.3, -0.25) is 4.79 Å². The van der Waals surface area contributed by atoms with Crippen molar-refractivity contribution in [1.82, 2.24) is 9.21 Å². The molecule has 1 amide bonds. The largest absolute Gasteiger partial charge is 0.339 e. The van der Waals surface area contributed by atoms with Crippen LogP contribution in [-0.2, 0) is 16.4 Å². The van der Waals surface area contributed by atoms with E-state index in [0.29, 0.717) is 18.0 Å². The highest BCUT2D eigenvalue weighted by Gasteiger charge is 2.31. The highest BCUT2D eigenvalue weighted by molar-refractivity contribution is 7.89. The van der Waals surface area contributed by atoms with E-state index in [-0.39, 0.29) is 16.8 Å². The molecule has 0 aliphatic carbocycles. The van der Waals surface area contributed by atoms with Gasteiger partial charge in [0.15, 0.2) is 0 Å². The van der Waals surface area contributed by atoms with Gasteiger partial charge in [-0.2, -0.15) is 4.31 Å². The number of carbonyl (C=O) groups excluding carboxylic acids is 1. The molecular formula is C25H32N2O3S. The van der Waals surface area contributed by atoms with Crippen LogP contribution in [0, 0.1) is 5.92 Å². The summed E-state index contributed by atoms with van der Waals surface area (Å²) < 4.78 is 27.6. The summed E-state index contributed by atoms with van der Waals surface area (Å²) in [5.74, 6) is 0.596. The van der Waals surface area contributed by atoms with Crippen LogP contribution >= 0.6 is 0 Å². The average molecular weight is 441 g/mol. The second-order valence-electron chi connectivity index (χ2n) is 8.91. The van der Waals surface area contributed by atoms with Crippen molar-refractivity contribution in [2.75, 3.05) is 19.6 Å². The van der Waals surface area contributed by atoms with Crippen LogP contribution in [0.2, 0.25) is 0 Å². The molecule has 2 fully saturated rings. The highest BCUT2D eigenvalue weighted by atomic mass is 32.2. The lowest BCUT2D eigenvalue weighted by Crippen LogP contribution is -2.42. The molecule has 1 atom stereocenters. The van der Waals surface area contributed by atoms with E-state index in [1.165, 1.54) is 5.56 Å². The van der Waals surface area contributed by atoms with Crippen LogP contribution < -0.4 is 0 Å². The van der Waals surface area contributed by atoms with Gasteiger partial charge in [0, 0.05) is 31.2 Å². The minimum atomic E-state index is -3.51. The predicted molar refractivity (Wildman–Crippen MR) is 122 cm³/mol. The molecule has 2 aromatic carbocycles. The van der Waals surface area contributed by atoms with Gasteiger partial charge < -0.3 is 4.90 Å². The van der Waals surface area contributed by atoms with Crippen molar-refractivity contribution in [3.63, 3.8) is 0 Å². The lowest BCUT2D eigenvalue weighted by atomic mass is 9.90. The normalized spacial score (nSPS) is 21.2. The zero-order valence-corrected chi connectivity index (χ0v) is 19.1. The van der Waals surface area contributed by atoms with Gasteiger partial charge >= 0.3 is 0 Å². The van der Waals surface area contributed by atoms with E-state index in [4.69, 9.17) is 0 Å². The fourth-order valence-electron chi connectivity index (χ4n) is 4.80. The first-order valence-electron chi connectivity index (χ1n) is 11.4. The van der Waals surface area contributed by atoms with Crippen molar-refractivity contribution >= 4 is 15.9 Å². The van der Waals surface area contributed by atoms with E-state index in [2.05, 4.69) is 24.3 Å². The van der Waals surface area contributed by atoms with Crippen molar-refractivity contribution in [3.05, 3.63) is 65.7 Å². The third-order valence-corrected chi connectivity index (χ3v) is 8.75. The summed E-state index contributed by atoms with van der Waals surface area (Å²) in [5.41, 5.74) is 1.92. The molecule has 2 aromatic rings. The Kier molecular flexibility index (Phi) is 6.77. The van der Waals surface area contributed by atoms with E-state index in [1.807, 2.05) is 17.9 Å². The molecule has 2 heterocycles. The maximum absolute atomic E-state index is 13.0. The fraction of sp³-hybridized carbons (Fsp3) is 0.480. The fourth-order valence-corrected chi connectivity index (χ4v) is 6.50. The van der Waals surface area contributed by atoms with Crippen molar-refractivity contribution in [3.8, 4) is 0 Å². The Hall–Kier alpha value is -2.18. The highest BCUT2D eigenvalue weighted by Crippen LogP contribution is 2.26. The molecule has 31 heavy (non-hydrogen) atoms. The van der Waals surface area contributed by atoms with E-state index >= 15 is 0 Å². The Morgan fingerprint density at radius 2 is 1.58 bits per heavy atom. The second kappa shape index (κ2) is 9.53. The molecule has 6 heteroatoms. The topological polar surface area (TPSA) is 57.7 Å². The van der Waals surface area contributed by atoms with Crippen LogP contribution in [-0.4, -0.2) is 49.2 Å². The minimum Gasteiger partial charge on any atom is -0.339 e. The molecule has 0 aromatic heterocycles. The third kappa shape index (κ3) is 5.01. The number of piperidine rings is 2. The molecule has 0 radical (unpaired) electrons. The van der Waals surface area contributed by atoms with Crippen LogP contribution in [0.25, 0.3) is 0 Å². The summed E-state index contributed by atoms with van der Waals surface area (Å²) in [6.45, 7) is 4.04. The summed E-state index contributed by atoms with van der Waals surface area (Å²) in [6.07, 6.45) is 5.93. The number of benzene rings is 2. The van der Waals surface area contributed by atoms with E-state index in [0.717, 1.165) is 51.6 Å². The maximum Gasteiger partial charge on any atom is 0.253 e. The number of hydrogen-bond donors (Lipinski definition) is 0. The Morgan fingerprint density at radius 1 is 0.903 bits per heavy atom. The Balaban J connectivity index is 1.36. The third-order valence-electron chi connectivity index (χ3n) is 6.72. The van der Waals surface area contributed by atoms with E-state index in [1.54, 1.807) is 28.6 Å². The van der Waals surface area contributed by atoms with Gasteiger partial charge in [-0.25, -0.2) is 8.42 Å². The number of amides is 1. The van der Waals surface area contributed by atoms with Crippen LogP contribution in [0.15, 0.2) is 59.5 Å². The summed E-state index contributed by atoms with van der Waals surface area (Å²) in [4.78, 5) is 15.1. The quantitative estimate of drug-likeness (QED) is 0.695. The summed E-state index contributed by atoms with van der Waals surface area (Å²) in [7, 11) is -3.51. The van der Waals surface area contributed by atoms with Crippen LogP contribution in [0.3, 0.4) is 0 Å². The van der Waals surface area contributed by atoms with Gasteiger partial charge in [0.25, 0.3) is 5.91 Å². The van der Waals surface area contributed by atoms with Gasteiger partial charge in [-0.15, -0.1) is 0 Å². The summed E-state index contributed by atoms with van der Waals surface area (Å²) in [5, 5.41) is 0. The molecule has 4 rings (SSSR count). The summed E-state index contributed by atoms with van der Waals surface area (Å²) >= 11 is 0. The Labute approximate surface area is 186 Å². The molecular weight excluding hydrogens is 408 g/mol. The van der Waals surface area contributed by atoms with Crippen molar-refractivity contribution in [1.29, 1.82) is 0 Å². The minimum absolute atomic E-state index is 0.00607. The first-order valence-corrected chi connectivity index (χ1v) is 12.8. The van der Waals surface area contributed by atoms with Crippen molar-refractivity contribution in [2.24, 2.45) is 5.92 Å². The predicted octanol–water partition coefficient (Wildman–Crippen LogP) is 4.34. The first kappa shape index (κ1) is 22.0. The van der Waals surface area contributed by atoms with Crippen molar-refractivity contribution < 1.29 is 13.2 Å². The van der Waals surface area contributed by atoms with Crippen LogP contribution in [0.1, 0.15) is 54.9 Å². The van der Waals surface area contributed by atoms with Gasteiger partial charge in [0.1, 0.15) is 0 Å². The molecule has 0 bridgehead atoms. The average Bonchev–Trinajstić information content (AvgIpc) is 2.80. The van der Waals surface area contributed by atoms with Crippen molar-refractivity contribution in [2.45, 2.75) is 56.4 Å². The van der Waals surface area contributed by atoms with Gasteiger partial charge in [-0.05, 0) is 74.8 Å². The first-order chi connectivity index (χ1) is 14.9. The number of nitrogens with zero attached hydrogens (tertiary/aromatic N) is 2. The molecule has 2 aliphatic rings. The number of hydrogen-bond acceptors (Lipinski definition) is 3. The standard InChI is InChI=1S/C25H32N2O3S/c1-20-7-5-6-16-27(20)31(29,30)24-12-10-23(11-13-24)25(28)26-17-14-22(15-18-26)19-21-8-3-2-4-9-21/h2-4,8-13,20,22H,5-7,14-19H2,1H3. The van der Waals surface area contributed by atoms with E-state index < -0.39 is 10.0 Å². The molecule has 2 aliphatic heterocycles. The molecule has 5 nitrogen and oxygen atoms in total. The smallest absolute Gasteiger partial charge is 0.253 e. The van der Waals surface area contributed by atoms with Gasteiger partial charge in [-0.1, -0.05) is 36.8 Å². The number of sulfonamides is 1.